The Morgan fingerprint density at radius 3 is 3.00 bits per heavy atom. The van der Waals surface area contributed by atoms with Gasteiger partial charge in [0.25, 0.3) is 0 Å². The highest BCUT2D eigenvalue weighted by Crippen LogP contribution is 2.18. The summed E-state index contributed by atoms with van der Waals surface area (Å²) in [6, 6.07) is 2.58. The van der Waals surface area contributed by atoms with Crippen molar-refractivity contribution in [2.45, 2.75) is 18.6 Å². The topological polar surface area (TPSA) is 44.5 Å². The van der Waals surface area contributed by atoms with Gasteiger partial charge in [0.1, 0.15) is 11.6 Å². The Balaban J connectivity index is 1.93. The molecule has 1 fully saturated rings. The molecular weight excluding hydrogens is 228 g/mol. The second kappa shape index (κ2) is 5.53. The molecule has 2 N–H and O–H groups in total. The highest BCUT2D eigenvalue weighted by atomic mass is 19.1. The lowest BCUT2D eigenvalue weighted by Gasteiger charge is -2.16. The molecule has 0 bridgehead atoms. The molecule has 1 aromatic carbocycles. The number of benzene rings is 1. The van der Waals surface area contributed by atoms with Gasteiger partial charge in [-0.15, -0.1) is 0 Å². The summed E-state index contributed by atoms with van der Waals surface area (Å²) in [7, 11) is 0. The minimum Gasteiger partial charge on any atom is -0.379 e. The predicted molar refractivity (Wildman–Crippen MR) is 58.5 cm³/mol. The van der Waals surface area contributed by atoms with E-state index in [9.17, 15) is 8.78 Å². The van der Waals surface area contributed by atoms with E-state index in [0.717, 1.165) is 24.6 Å². The summed E-state index contributed by atoms with van der Waals surface area (Å²) in [5, 5.41) is 0. The number of hydrogen-bond donors (Lipinski definition) is 1. The van der Waals surface area contributed by atoms with Gasteiger partial charge in [-0.05, 0) is 24.6 Å². The van der Waals surface area contributed by atoms with Crippen LogP contribution in [0.25, 0.3) is 0 Å². The fourth-order valence-corrected chi connectivity index (χ4v) is 1.77. The molecule has 1 aliphatic heterocycles. The Hall–Kier alpha value is -1.04. The first-order chi connectivity index (χ1) is 8.16. The monoisotopic (exact) mass is 243 g/mol. The third-order valence-electron chi connectivity index (χ3n) is 2.76. The maximum atomic E-state index is 13.4. The molecule has 0 aliphatic carbocycles. The van der Waals surface area contributed by atoms with Crippen molar-refractivity contribution < 1.29 is 18.3 Å². The quantitative estimate of drug-likeness (QED) is 0.876. The maximum Gasteiger partial charge on any atom is 0.128 e. The zero-order chi connectivity index (χ0) is 12.3. The van der Waals surface area contributed by atoms with Gasteiger partial charge in [0.15, 0.2) is 0 Å². The fraction of sp³-hybridized carbons (Fsp3) is 0.500. The van der Waals surface area contributed by atoms with E-state index >= 15 is 0 Å². The van der Waals surface area contributed by atoms with E-state index in [1.54, 1.807) is 0 Å². The Labute approximate surface area is 98.5 Å². The molecule has 5 heteroatoms. The first kappa shape index (κ1) is 12.4. The van der Waals surface area contributed by atoms with Crippen molar-refractivity contribution in [1.29, 1.82) is 0 Å². The van der Waals surface area contributed by atoms with Crippen LogP contribution in [0.15, 0.2) is 18.2 Å². The molecule has 0 radical (unpaired) electrons. The summed E-state index contributed by atoms with van der Waals surface area (Å²) in [6.07, 6.45) is 0.830. The summed E-state index contributed by atoms with van der Waals surface area (Å²) in [5.74, 6) is -1.01. The second-order valence-corrected chi connectivity index (χ2v) is 4.09. The van der Waals surface area contributed by atoms with Crippen LogP contribution < -0.4 is 5.73 Å². The van der Waals surface area contributed by atoms with Crippen molar-refractivity contribution in [2.75, 3.05) is 19.8 Å². The lowest BCUT2D eigenvalue weighted by molar-refractivity contribution is 0.0345. The van der Waals surface area contributed by atoms with Crippen LogP contribution in [0.5, 0.6) is 0 Å². The van der Waals surface area contributed by atoms with Crippen molar-refractivity contribution in [3.8, 4) is 0 Å². The van der Waals surface area contributed by atoms with Crippen LogP contribution in [0.2, 0.25) is 0 Å². The van der Waals surface area contributed by atoms with Gasteiger partial charge in [0, 0.05) is 12.2 Å². The molecule has 3 nitrogen and oxygen atoms in total. The number of halogens is 2. The minimum absolute atomic E-state index is 0.0117. The molecule has 1 aromatic rings. The van der Waals surface area contributed by atoms with Gasteiger partial charge in [-0.1, -0.05) is 0 Å². The molecule has 2 unspecified atom stereocenters. The Bertz CT molecular complexity index is 381. The molecule has 1 saturated heterocycles. The molecule has 0 aromatic heterocycles. The first-order valence-corrected chi connectivity index (χ1v) is 5.56. The van der Waals surface area contributed by atoms with Gasteiger partial charge in [-0.2, -0.15) is 0 Å². The van der Waals surface area contributed by atoms with Crippen LogP contribution in [0.4, 0.5) is 8.78 Å². The SMILES string of the molecule is NC(COC1CCOC1)c1cc(F)ccc1F. The average molecular weight is 243 g/mol. The molecule has 2 rings (SSSR count). The minimum atomic E-state index is -0.661. The van der Waals surface area contributed by atoms with Gasteiger partial charge in [-0.25, -0.2) is 8.78 Å². The van der Waals surface area contributed by atoms with Crippen molar-refractivity contribution >= 4 is 0 Å². The van der Waals surface area contributed by atoms with Crippen molar-refractivity contribution in [3.05, 3.63) is 35.4 Å². The Kier molecular flexibility index (Phi) is 4.04. The molecule has 17 heavy (non-hydrogen) atoms. The van der Waals surface area contributed by atoms with Crippen LogP contribution in [-0.2, 0) is 9.47 Å². The van der Waals surface area contributed by atoms with Crippen LogP contribution in [0.1, 0.15) is 18.0 Å². The third-order valence-corrected chi connectivity index (χ3v) is 2.76. The predicted octanol–water partition coefficient (Wildman–Crippen LogP) is 1.77. The third kappa shape index (κ3) is 3.21. The lowest BCUT2D eigenvalue weighted by Crippen LogP contribution is -2.23. The van der Waals surface area contributed by atoms with Gasteiger partial charge in [0.05, 0.1) is 25.4 Å². The van der Waals surface area contributed by atoms with Gasteiger partial charge < -0.3 is 15.2 Å². The number of ether oxygens (including phenoxy) is 2. The molecule has 1 aliphatic rings. The largest absolute Gasteiger partial charge is 0.379 e. The van der Waals surface area contributed by atoms with E-state index in [2.05, 4.69) is 0 Å². The molecule has 0 saturated carbocycles. The number of hydrogen-bond acceptors (Lipinski definition) is 3. The van der Waals surface area contributed by atoms with Crippen LogP contribution in [0.3, 0.4) is 0 Å². The number of nitrogens with two attached hydrogens (primary N) is 1. The summed E-state index contributed by atoms with van der Waals surface area (Å²) in [5.41, 5.74) is 5.91. The summed E-state index contributed by atoms with van der Waals surface area (Å²) in [6.45, 7) is 1.38. The van der Waals surface area contributed by atoms with E-state index < -0.39 is 17.7 Å². The lowest BCUT2D eigenvalue weighted by atomic mass is 10.1. The average Bonchev–Trinajstić information content (AvgIpc) is 2.82. The van der Waals surface area contributed by atoms with E-state index in [1.165, 1.54) is 0 Å². The fourth-order valence-electron chi connectivity index (χ4n) is 1.77. The standard InChI is InChI=1S/C12H15F2NO2/c13-8-1-2-11(14)10(5-8)12(15)7-17-9-3-4-16-6-9/h1-2,5,9,12H,3-4,6-7,15H2. The molecule has 2 atom stereocenters. The van der Waals surface area contributed by atoms with Crippen molar-refractivity contribution in [2.24, 2.45) is 5.73 Å². The molecule has 0 spiro atoms. The van der Waals surface area contributed by atoms with Gasteiger partial charge >= 0.3 is 0 Å². The zero-order valence-corrected chi connectivity index (χ0v) is 9.36. The Morgan fingerprint density at radius 1 is 1.47 bits per heavy atom. The molecule has 1 heterocycles. The molecule has 0 amide bonds. The first-order valence-electron chi connectivity index (χ1n) is 5.56. The Morgan fingerprint density at radius 2 is 2.29 bits per heavy atom. The van der Waals surface area contributed by atoms with Gasteiger partial charge in [0.2, 0.25) is 0 Å². The van der Waals surface area contributed by atoms with Crippen LogP contribution >= 0.6 is 0 Å². The van der Waals surface area contributed by atoms with E-state index in [1.807, 2.05) is 0 Å². The summed E-state index contributed by atoms with van der Waals surface area (Å²) >= 11 is 0. The smallest absolute Gasteiger partial charge is 0.128 e. The number of rotatable bonds is 4. The normalized spacial score (nSPS) is 21.7. The molecule has 94 valence electrons. The highest BCUT2D eigenvalue weighted by molar-refractivity contribution is 5.22. The molecular formula is C12H15F2NO2. The summed E-state index contributed by atoms with van der Waals surface area (Å²) < 4.78 is 37.0. The van der Waals surface area contributed by atoms with E-state index in [4.69, 9.17) is 15.2 Å². The van der Waals surface area contributed by atoms with Crippen molar-refractivity contribution in [1.82, 2.24) is 0 Å². The van der Waals surface area contributed by atoms with E-state index in [-0.39, 0.29) is 18.3 Å². The van der Waals surface area contributed by atoms with Gasteiger partial charge in [-0.3, -0.25) is 0 Å². The van der Waals surface area contributed by atoms with Crippen molar-refractivity contribution in [3.63, 3.8) is 0 Å². The summed E-state index contributed by atoms with van der Waals surface area (Å²) in [4.78, 5) is 0. The van der Waals surface area contributed by atoms with Crippen LogP contribution in [0, 0.1) is 11.6 Å². The highest BCUT2D eigenvalue weighted by Gasteiger charge is 2.19. The van der Waals surface area contributed by atoms with E-state index in [0.29, 0.717) is 13.2 Å². The maximum absolute atomic E-state index is 13.4. The second-order valence-electron chi connectivity index (χ2n) is 4.09. The zero-order valence-electron chi connectivity index (χ0n) is 9.36. The van der Waals surface area contributed by atoms with Crippen LogP contribution in [-0.4, -0.2) is 25.9 Å².